The van der Waals surface area contributed by atoms with Gasteiger partial charge in [0.05, 0.1) is 31.1 Å². The fourth-order valence-corrected chi connectivity index (χ4v) is 3.06. The summed E-state index contributed by atoms with van der Waals surface area (Å²) < 4.78 is 2.00. The smallest absolute Gasteiger partial charge is 0.318 e. The Kier molecular flexibility index (Phi) is 4.29. The Morgan fingerprint density at radius 2 is 2.36 bits per heavy atom. The lowest BCUT2D eigenvalue weighted by Gasteiger charge is -2.34. The largest absolute Gasteiger partial charge is 0.394 e. The van der Waals surface area contributed by atoms with Crippen LogP contribution in [0.5, 0.6) is 0 Å². The third-order valence-electron chi connectivity index (χ3n) is 4.33. The second kappa shape index (κ2) is 6.36. The fourth-order valence-electron chi connectivity index (χ4n) is 3.06. The number of imidazole rings is 1. The average molecular weight is 302 g/mol. The van der Waals surface area contributed by atoms with Crippen LogP contribution in [0.2, 0.25) is 0 Å². The number of hydrogen-bond donors (Lipinski definition) is 2. The molecule has 6 heteroatoms. The van der Waals surface area contributed by atoms with E-state index in [4.69, 9.17) is 0 Å². The lowest BCUT2D eigenvalue weighted by Crippen LogP contribution is -2.49. The molecular weight excluding hydrogens is 280 g/mol. The number of urea groups is 1. The molecule has 2 amide bonds. The number of amides is 2. The minimum absolute atomic E-state index is 0.0300. The number of carbonyl (C=O) groups excluding carboxylic acids is 1. The molecule has 0 aromatic carbocycles. The third kappa shape index (κ3) is 2.78. The number of nitrogens with one attached hydrogen (secondary N) is 1. The third-order valence-corrected chi connectivity index (χ3v) is 4.33. The van der Waals surface area contributed by atoms with Crippen LogP contribution in [0.4, 0.5) is 4.79 Å². The first-order chi connectivity index (χ1) is 10.7. The number of rotatable bonds is 3. The van der Waals surface area contributed by atoms with Crippen LogP contribution in [0.3, 0.4) is 0 Å². The number of pyridine rings is 1. The predicted molar refractivity (Wildman–Crippen MR) is 83.6 cm³/mol. The van der Waals surface area contributed by atoms with Gasteiger partial charge >= 0.3 is 6.03 Å². The molecule has 1 atom stereocenters. The maximum atomic E-state index is 12.3. The van der Waals surface area contributed by atoms with Gasteiger partial charge < -0.3 is 19.7 Å². The number of aliphatic hydroxyl groups excluding tert-OH is 1. The first-order valence-corrected chi connectivity index (χ1v) is 7.77. The van der Waals surface area contributed by atoms with Crippen LogP contribution in [0.25, 0.3) is 5.65 Å². The number of aliphatic hydroxyl groups is 1. The predicted octanol–water partition coefficient (Wildman–Crippen LogP) is 1.70. The van der Waals surface area contributed by atoms with Gasteiger partial charge in [-0.1, -0.05) is 6.07 Å². The van der Waals surface area contributed by atoms with Gasteiger partial charge in [0.25, 0.3) is 0 Å². The monoisotopic (exact) mass is 302 g/mol. The summed E-state index contributed by atoms with van der Waals surface area (Å²) in [7, 11) is 0. The number of aryl methyl sites for hydroxylation is 1. The number of likely N-dealkylation sites (tertiary alicyclic amines) is 1. The summed E-state index contributed by atoms with van der Waals surface area (Å²) in [6.45, 7) is 3.19. The van der Waals surface area contributed by atoms with Crippen LogP contribution in [-0.2, 0) is 6.54 Å². The summed E-state index contributed by atoms with van der Waals surface area (Å²) >= 11 is 0. The first-order valence-electron chi connectivity index (χ1n) is 7.77. The van der Waals surface area contributed by atoms with E-state index < -0.39 is 0 Å². The molecular formula is C16H22N4O2. The van der Waals surface area contributed by atoms with Crippen molar-refractivity contribution in [3.8, 4) is 0 Å². The molecule has 118 valence electrons. The van der Waals surface area contributed by atoms with Gasteiger partial charge in [-0.25, -0.2) is 9.78 Å². The quantitative estimate of drug-likeness (QED) is 0.906. The number of hydrogen-bond acceptors (Lipinski definition) is 3. The van der Waals surface area contributed by atoms with Crippen molar-refractivity contribution >= 4 is 11.7 Å². The van der Waals surface area contributed by atoms with Gasteiger partial charge in [0, 0.05) is 12.7 Å². The van der Waals surface area contributed by atoms with E-state index in [0.717, 1.165) is 36.2 Å². The molecule has 0 spiro atoms. The minimum Gasteiger partial charge on any atom is -0.394 e. The molecule has 3 rings (SSSR count). The van der Waals surface area contributed by atoms with Crippen molar-refractivity contribution in [1.82, 2.24) is 19.6 Å². The number of aromatic nitrogens is 2. The molecule has 0 aliphatic carbocycles. The Labute approximate surface area is 129 Å². The van der Waals surface area contributed by atoms with E-state index in [0.29, 0.717) is 13.1 Å². The summed E-state index contributed by atoms with van der Waals surface area (Å²) in [4.78, 5) is 18.5. The van der Waals surface area contributed by atoms with Crippen molar-refractivity contribution in [2.45, 2.75) is 38.8 Å². The maximum Gasteiger partial charge on any atom is 0.318 e. The SMILES string of the molecule is Cc1cccn2c(CNC(=O)N3CCCC[C@@H]3CO)cnc12. The fraction of sp³-hybridized carbons (Fsp3) is 0.500. The molecule has 1 aliphatic rings. The van der Waals surface area contributed by atoms with Gasteiger partial charge in [-0.05, 0) is 37.8 Å². The molecule has 0 radical (unpaired) electrons. The molecule has 3 heterocycles. The number of fused-ring (bicyclic) bond motifs is 1. The van der Waals surface area contributed by atoms with Crippen LogP contribution >= 0.6 is 0 Å². The summed E-state index contributed by atoms with van der Waals surface area (Å²) in [5, 5.41) is 12.3. The Morgan fingerprint density at radius 3 is 3.18 bits per heavy atom. The van der Waals surface area contributed by atoms with Crippen molar-refractivity contribution in [3.05, 3.63) is 35.8 Å². The summed E-state index contributed by atoms with van der Waals surface area (Å²) in [6, 6.07) is 3.82. The van der Waals surface area contributed by atoms with Crippen molar-refractivity contribution in [2.75, 3.05) is 13.2 Å². The van der Waals surface area contributed by atoms with Gasteiger partial charge in [0.15, 0.2) is 0 Å². The molecule has 2 N–H and O–H groups in total. The zero-order valence-corrected chi connectivity index (χ0v) is 12.8. The van der Waals surface area contributed by atoms with E-state index in [2.05, 4.69) is 10.3 Å². The minimum atomic E-state index is -0.110. The van der Waals surface area contributed by atoms with Crippen molar-refractivity contribution in [1.29, 1.82) is 0 Å². The van der Waals surface area contributed by atoms with Gasteiger partial charge in [-0.2, -0.15) is 0 Å². The van der Waals surface area contributed by atoms with Crippen molar-refractivity contribution in [3.63, 3.8) is 0 Å². The zero-order chi connectivity index (χ0) is 15.5. The second-order valence-electron chi connectivity index (χ2n) is 5.82. The summed E-state index contributed by atoms with van der Waals surface area (Å²) in [6.07, 6.45) is 6.69. The average Bonchev–Trinajstić information content (AvgIpc) is 2.97. The maximum absolute atomic E-state index is 12.3. The van der Waals surface area contributed by atoms with Gasteiger partial charge in [0.1, 0.15) is 5.65 Å². The molecule has 1 aliphatic heterocycles. The zero-order valence-electron chi connectivity index (χ0n) is 12.8. The highest BCUT2D eigenvalue weighted by Crippen LogP contribution is 2.17. The molecule has 0 unspecified atom stereocenters. The molecule has 6 nitrogen and oxygen atoms in total. The van der Waals surface area contributed by atoms with E-state index in [1.807, 2.05) is 29.7 Å². The summed E-state index contributed by atoms with van der Waals surface area (Å²) in [5.41, 5.74) is 2.97. The molecule has 2 aromatic heterocycles. The standard InChI is InChI=1S/C16H22N4O2/c1-12-5-4-8-19-14(9-17-15(12)19)10-18-16(22)20-7-3-2-6-13(20)11-21/h4-5,8-9,13,21H,2-3,6-7,10-11H2,1H3,(H,18,22)/t13-/m1/s1. The van der Waals surface area contributed by atoms with Crippen LogP contribution in [0, 0.1) is 6.92 Å². The van der Waals surface area contributed by atoms with E-state index in [1.165, 1.54) is 0 Å². The van der Waals surface area contributed by atoms with Gasteiger partial charge in [0.2, 0.25) is 0 Å². The van der Waals surface area contributed by atoms with E-state index >= 15 is 0 Å². The van der Waals surface area contributed by atoms with E-state index in [-0.39, 0.29) is 18.7 Å². The molecule has 22 heavy (non-hydrogen) atoms. The second-order valence-corrected chi connectivity index (χ2v) is 5.82. The van der Waals surface area contributed by atoms with Crippen LogP contribution in [-0.4, -0.2) is 44.6 Å². The number of nitrogens with zero attached hydrogens (tertiary/aromatic N) is 3. The van der Waals surface area contributed by atoms with Crippen LogP contribution in [0.15, 0.2) is 24.5 Å². The highest BCUT2D eigenvalue weighted by Gasteiger charge is 2.25. The van der Waals surface area contributed by atoms with Gasteiger partial charge in [-0.3, -0.25) is 0 Å². The van der Waals surface area contributed by atoms with Crippen LogP contribution < -0.4 is 5.32 Å². The molecule has 0 saturated carbocycles. The Hall–Kier alpha value is -2.08. The molecule has 0 bridgehead atoms. The number of carbonyl (C=O) groups is 1. The van der Waals surface area contributed by atoms with E-state index in [1.54, 1.807) is 11.1 Å². The van der Waals surface area contributed by atoms with Crippen molar-refractivity contribution in [2.24, 2.45) is 0 Å². The van der Waals surface area contributed by atoms with Crippen molar-refractivity contribution < 1.29 is 9.90 Å². The Morgan fingerprint density at radius 1 is 1.50 bits per heavy atom. The first kappa shape index (κ1) is 14.8. The lowest BCUT2D eigenvalue weighted by atomic mass is 10.0. The summed E-state index contributed by atoms with van der Waals surface area (Å²) in [5.74, 6) is 0. The lowest BCUT2D eigenvalue weighted by molar-refractivity contribution is 0.108. The van der Waals surface area contributed by atoms with Gasteiger partial charge in [-0.15, -0.1) is 0 Å². The number of piperidine rings is 1. The Bertz CT molecular complexity index is 667. The highest BCUT2D eigenvalue weighted by atomic mass is 16.3. The highest BCUT2D eigenvalue weighted by molar-refractivity contribution is 5.74. The van der Waals surface area contributed by atoms with Crippen LogP contribution in [0.1, 0.15) is 30.5 Å². The molecule has 1 fully saturated rings. The molecule has 2 aromatic rings. The normalized spacial score (nSPS) is 18.6. The Balaban J connectivity index is 1.68. The molecule has 1 saturated heterocycles. The van der Waals surface area contributed by atoms with E-state index in [9.17, 15) is 9.90 Å². The topological polar surface area (TPSA) is 69.9 Å².